The lowest BCUT2D eigenvalue weighted by atomic mass is 9.80. The summed E-state index contributed by atoms with van der Waals surface area (Å²) in [5.74, 6) is -1.32. The number of carbonyl (C=O) groups is 1. The van der Waals surface area contributed by atoms with E-state index < -0.39 is 12.3 Å². The molecule has 3 rings (SSSR count). The first-order chi connectivity index (χ1) is 14.1. The van der Waals surface area contributed by atoms with Crippen LogP contribution in [0.25, 0.3) is 0 Å². The van der Waals surface area contributed by atoms with Crippen molar-refractivity contribution in [3.8, 4) is 5.75 Å². The van der Waals surface area contributed by atoms with E-state index in [9.17, 15) is 23.1 Å². The van der Waals surface area contributed by atoms with E-state index in [1.54, 1.807) is 6.07 Å². The molecule has 0 amide bonds. The molecule has 30 heavy (non-hydrogen) atoms. The molecule has 0 saturated heterocycles. The number of rotatable bonds is 6. The number of nitrogen functional groups attached to an aromatic ring is 2. The first-order valence-corrected chi connectivity index (χ1v) is 9.51. The summed E-state index contributed by atoms with van der Waals surface area (Å²) in [5, 5.41) is 9.48. The summed E-state index contributed by atoms with van der Waals surface area (Å²) in [7, 11) is 0. The summed E-state index contributed by atoms with van der Waals surface area (Å²) in [5.41, 5.74) is 14.0. The number of carboxylic acid groups (broad SMARTS) is 1. The minimum atomic E-state index is -4.72. The highest BCUT2D eigenvalue weighted by Gasteiger charge is 2.31. The van der Waals surface area contributed by atoms with Crippen LogP contribution in [0.1, 0.15) is 53.1 Å². The Morgan fingerprint density at radius 2 is 1.70 bits per heavy atom. The maximum absolute atomic E-state index is 12.2. The van der Waals surface area contributed by atoms with E-state index in [4.69, 9.17) is 16.2 Å². The van der Waals surface area contributed by atoms with Gasteiger partial charge in [0.05, 0.1) is 18.3 Å². The van der Waals surface area contributed by atoms with Crippen molar-refractivity contribution in [3.63, 3.8) is 0 Å². The highest BCUT2D eigenvalue weighted by Crippen LogP contribution is 2.39. The van der Waals surface area contributed by atoms with Gasteiger partial charge in [-0.15, -0.1) is 13.2 Å². The van der Waals surface area contributed by atoms with Crippen molar-refractivity contribution in [2.24, 2.45) is 0 Å². The molecule has 162 valence electrons. The van der Waals surface area contributed by atoms with E-state index in [0.717, 1.165) is 31.2 Å². The zero-order valence-electron chi connectivity index (χ0n) is 16.1. The van der Waals surface area contributed by atoms with Crippen LogP contribution >= 0.6 is 0 Å². The number of carboxylic acids is 1. The number of alkyl halides is 3. The highest BCUT2D eigenvalue weighted by atomic mass is 19.4. The second-order valence-corrected chi connectivity index (χ2v) is 7.35. The topological polar surface area (TPSA) is 108 Å². The molecule has 9 heteroatoms. The Labute approximate surface area is 171 Å². The van der Waals surface area contributed by atoms with Gasteiger partial charge in [0, 0.05) is 11.4 Å². The molecular formula is C21H23F3N2O4. The third-order valence-corrected chi connectivity index (χ3v) is 5.19. The Hall–Kier alpha value is -2.94. The van der Waals surface area contributed by atoms with Gasteiger partial charge in [-0.05, 0) is 67.0 Å². The van der Waals surface area contributed by atoms with Crippen molar-refractivity contribution in [1.82, 2.24) is 0 Å². The molecule has 1 fully saturated rings. The highest BCUT2D eigenvalue weighted by molar-refractivity contribution is 5.93. The molecule has 0 heterocycles. The van der Waals surface area contributed by atoms with Gasteiger partial charge in [-0.1, -0.05) is 12.1 Å². The number of halogens is 3. The van der Waals surface area contributed by atoms with Crippen molar-refractivity contribution >= 4 is 17.3 Å². The van der Waals surface area contributed by atoms with Gasteiger partial charge in [0.2, 0.25) is 0 Å². The molecule has 0 radical (unpaired) electrons. The molecule has 0 aromatic heterocycles. The van der Waals surface area contributed by atoms with Crippen molar-refractivity contribution in [2.45, 2.75) is 50.7 Å². The standard InChI is InChI=1S/C21H23F3N2O4/c22-21(23,24)30-16-5-1-12(2-6-16)11-29-15-7-3-13(4-8-15)19-17(20(27)28)9-14(25)10-18(19)26/h1-2,5-6,9-10,13,15H,3-4,7-8,11,25-26H2,(H,27,28). The van der Waals surface area contributed by atoms with E-state index in [1.807, 2.05) is 0 Å². The van der Waals surface area contributed by atoms with Gasteiger partial charge < -0.3 is 26.0 Å². The van der Waals surface area contributed by atoms with Crippen molar-refractivity contribution < 1.29 is 32.5 Å². The van der Waals surface area contributed by atoms with Crippen LogP contribution in [-0.4, -0.2) is 23.5 Å². The Kier molecular flexibility index (Phi) is 6.40. The maximum Gasteiger partial charge on any atom is 0.573 e. The molecule has 1 aliphatic carbocycles. The van der Waals surface area contributed by atoms with Gasteiger partial charge in [-0.2, -0.15) is 0 Å². The predicted octanol–water partition coefficient (Wildman–Crippen LogP) is 4.69. The molecule has 5 N–H and O–H groups in total. The molecule has 0 spiro atoms. The van der Waals surface area contributed by atoms with Crippen LogP contribution in [0.4, 0.5) is 24.5 Å². The summed E-state index contributed by atoms with van der Waals surface area (Å²) >= 11 is 0. The van der Waals surface area contributed by atoms with Crippen molar-refractivity contribution in [3.05, 3.63) is 53.1 Å². The third-order valence-electron chi connectivity index (χ3n) is 5.19. The minimum absolute atomic E-state index is 0.00958. The van der Waals surface area contributed by atoms with Gasteiger partial charge in [0.15, 0.2) is 0 Å². The lowest BCUT2D eigenvalue weighted by Crippen LogP contribution is -2.22. The van der Waals surface area contributed by atoms with Crippen LogP contribution in [-0.2, 0) is 11.3 Å². The number of hydrogen-bond acceptors (Lipinski definition) is 5. The van der Waals surface area contributed by atoms with E-state index in [0.29, 0.717) is 16.9 Å². The Bertz CT molecular complexity index is 892. The number of ether oxygens (including phenoxy) is 2. The van der Waals surface area contributed by atoms with Gasteiger partial charge in [0.25, 0.3) is 0 Å². The second kappa shape index (κ2) is 8.83. The van der Waals surface area contributed by atoms with E-state index in [2.05, 4.69) is 4.74 Å². The molecule has 2 aromatic carbocycles. The Morgan fingerprint density at radius 3 is 2.27 bits per heavy atom. The summed E-state index contributed by atoms with van der Waals surface area (Å²) < 4.78 is 46.4. The summed E-state index contributed by atoms with van der Waals surface area (Å²) in [4.78, 5) is 11.6. The molecular weight excluding hydrogens is 401 g/mol. The lowest BCUT2D eigenvalue weighted by molar-refractivity contribution is -0.274. The number of nitrogens with two attached hydrogens (primary N) is 2. The number of aromatic carboxylic acids is 1. The van der Waals surface area contributed by atoms with E-state index in [1.165, 1.54) is 30.3 Å². The SMILES string of the molecule is Nc1cc(N)c(C2CCC(OCc3ccc(OC(F)(F)F)cc3)CC2)c(C(=O)O)c1. The molecule has 0 unspecified atom stereocenters. The third kappa shape index (κ3) is 5.56. The van der Waals surface area contributed by atoms with Crippen molar-refractivity contribution in [1.29, 1.82) is 0 Å². The Morgan fingerprint density at radius 1 is 1.07 bits per heavy atom. The quantitative estimate of drug-likeness (QED) is 0.581. The molecule has 0 bridgehead atoms. The summed E-state index contributed by atoms with van der Waals surface area (Å²) in [6.45, 7) is 0.270. The molecule has 6 nitrogen and oxygen atoms in total. The van der Waals surface area contributed by atoms with Gasteiger partial charge in [-0.3, -0.25) is 0 Å². The lowest BCUT2D eigenvalue weighted by Gasteiger charge is -2.30. The first-order valence-electron chi connectivity index (χ1n) is 9.51. The van der Waals surface area contributed by atoms with Crippen LogP contribution in [0.2, 0.25) is 0 Å². The van der Waals surface area contributed by atoms with Crippen LogP contribution in [0, 0.1) is 0 Å². The smallest absolute Gasteiger partial charge is 0.478 e. The fourth-order valence-electron chi connectivity index (χ4n) is 3.85. The predicted molar refractivity (Wildman–Crippen MR) is 105 cm³/mol. The van der Waals surface area contributed by atoms with E-state index >= 15 is 0 Å². The zero-order chi connectivity index (χ0) is 21.9. The monoisotopic (exact) mass is 424 g/mol. The second-order valence-electron chi connectivity index (χ2n) is 7.35. The van der Waals surface area contributed by atoms with Crippen molar-refractivity contribution in [2.75, 3.05) is 11.5 Å². The van der Waals surface area contributed by atoms with E-state index in [-0.39, 0.29) is 29.9 Å². The van der Waals surface area contributed by atoms with Gasteiger partial charge in [-0.25, -0.2) is 4.79 Å². The summed E-state index contributed by atoms with van der Waals surface area (Å²) in [6, 6.07) is 8.57. The fourth-order valence-corrected chi connectivity index (χ4v) is 3.85. The first kappa shape index (κ1) is 21.8. The number of benzene rings is 2. The maximum atomic E-state index is 12.2. The van der Waals surface area contributed by atoms with Crippen LogP contribution in [0.15, 0.2) is 36.4 Å². The molecule has 1 aliphatic rings. The number of anilines is 2. The van der Waals surface area contributed by atoms with Crippen LogP contribution in [0.3, 0.4) is 0 Å². The molecule has 1 saturated carbocycles. The fraction of sp³-hybridized carbons (Fsp3) is 0.381. The largest absolute Gasteiger partial charge is 0.573 e. The normalized spacial score (nSPS) is 19.4. The summed E-state index contributed by atoms with van der Waals surface area (Å²) in [6.07, 6.45) is -1.85. The zero-order valence-corrected chi connectivity index (χ0v) is 16.1. The Balaban J connectivity index is 1.55. The van der Waals surface area contributed by atoms with Gasteiger partial charge in [0.1, 0.15) is 5.75 Å². The average molecular weight is 424 g/mol. The van der Waals surface area contributed by atoms with Crippen LogP contribution < -0.4 is 16.2 Å². The average Bonchev–Trinajstić information content (AvgIpc) is 2.66. The van der Waals surface area contributed by atoms with Gasteiger partial charge >= 0.3 is 12.3 Å². The minimum Gasteiger partial charge on any atom is -0.478 e. The molecule has 0 aliphatic heterocycles. The van der Waals surface area contributed by atoms with Crippen LogP contribution in [0.5, 0.6) is 5.75 Å². The number of hydrogen-bond donors (Lipinski definition) is 3. The molecule has 2 aromatic rings. The molecule has 0 atom stereocenters.